The van der Waals surface area contributed by atoms with Gasteiger partial charge in [0, 0.05) is 24.0 Å². The highest BCUT2D eigenvalue weighted by Gasteiger charge is 2.16. The summed E-state index contributed by atoms with van der Waals surface area (Å²) >= 11 is 0. The van der Waals surface area contributed by atoms with Gasteiger partial charge in [-0.05, 0) is 36.2 Å². The maximum atomic E-state index is 12.0. The van der Waals surface area contributed by atoms with Crippen LogP contribution in [0.5, 0.6) is 5.75 Å². The third kappa shape index (κ3) is 5.50. The number of carbonyl (C=O) groups excluding carboxylic acids is 1. The van der Waals surface area contributed by atoms with Gasteiger partial charge in [0.15, 0.2) is 0 Å². The van der Waals surface area contributed by atoms with Crippen molar-refractivity contribution in [2.75, 3.05) is 31.5 Å². The lowest BCUT2D eigenvalue weighted by Gasteiger charge is -2.21. The molecular formula is C23H27N5O4. The molecule has 9 heteroatoms. The molecule has 0 saturated heterocycles. The number of hydrogen-bond acceptors (Lipinski definition) is 9. The fourth-order valence-corrected chi connectivity index (χ4v) is 3.02. The number of pyridine rings is 1. The summed E-state index contributed by atoms with van der Waals surface area (Å²) in [6.07, 6.45) is 3.37. The van der Waals surface area contributed by atoms with Crippen molar-refractivity contribution in [1.29, 1.82) is 0 Å². The molecule has 0 spiro atoms. The van der Waals surface area contributed by atoms with E-state index in [0.717, 1.165) is 5.56 Å². The predicted molar refractivity (Wildman–Crippen MR) is 122 cm³/mol. The summed E-state index contributed by atoms with van der Waals surface area (Å²) < 4.78 is 10.2. The molecule has 0 aliphatic carbocycles. The molecule has 2 aromatic heterocycles. The Hall–Kier alpha value is -3.72. The first-order valence-corrected chi connectivity index (χ1v) is 10.2. The highest BCUT2D eigenvalue weighted by molar-refractivity contribution is 5.91. The Morgan fingerprint density at radius 3 is 2.47 bits per heavy atom. The molecule has 32 heavy (non-hydrogen) atoms. The van der Waals surface area contributed by atoms with Crippen LogP contribution in [0, 0.1) is 5.92 Å². The number of benzene rings is 1. The maximum absolute atomic E-state index is 12.0. The Kier molecular flexibility index (Phi) is 7.56. The molecule has 0 unspecified atom stereocenters. The van der Waals surface area contributed by atoms with Gasteiger partial charge >= 0.3 is 5.97 Å². The van der Waals surface area contributed by atoms with Gasteiger partial charge in [0.1, 0.15) is 11.6 Å². The van der Waals surface area contributed by atoms with Crippen LogP contribution in [-0.2, 0) is 4.74 Å². The lowest BCUT2D eigenvalue weighted by Crippen LogP contribution is -2.30. The number of nitrogens with zero attached hydrogens (tertiary/aromatic N) is 3. The van der Waals surface area contributed by atoms with E-state index >= 15 is 0 Å². The molecule has 1 aromatic carbocycles. The van der Waals surface area contributed by atoms with Crippen molar-refractivity contribution < 1.29 is 19.4 Å². The van der Waals surface area contributed by atoms with E-state index in [1.807, 2.05) is 26.0 Å². The zero-order valence-electron chi connectivity index (χ0n) is 18.5. The van der Waals surface area contributed by atoms with E-state index in [2.05, 4.69) is 25.6 Å². The summed E-state index contributed by atoms with van der Waals surface area (Å²) in [6.45, 7) is 3.95. The Morgan fingerprint density at radius 1 is 1.09 bits per heavy atom. The number of anilines is 3. The van der Waals surface area contributed by atoms with Crippen LogP contribution in [0.4, 0.5) is 17.5 Å². The molecular weight excluding hydrogens is 410 g/mol. The van der Waals surface area contributed by atoms with Crippen LogP contribution in [0.15, 0.2) is 48.8 Å². The number of methoxy groups -OCH3 is 2. The Labute approximate surface area is 186 Å². The van der Waals surface area contributed by atoms with Gasteiger partial charge in [-0.15, -0.1) is 0 Å². The molecule has 0 aliphatic heterocycles. The number of aliphatic hydroxyl groups is 1. The van der Waals surface area contributed by atoms with Crippen molar-refractivity contribution >= 4 is 23.4 Å². The molecule has 0 bridgehead atoms. The molecule has 3 aromatic rings. The Bertz CT molecular complexity index is 1060. The first-order valence-electron chi connectivity index (χ1n) is 10.2. The van der Waals surface area contributed by atoms with Crippen molar-refractivity contribution in [1.82, 2.24) is 15.0 Å². The molecule has 3 N–H and O–H groups in total. The second-order valence-corrected chi connectivity index (χ2v) is 7.41. The van der Waals surface area contributed by atoms with Crippen LogP contribution >= 0.6 is 0 Å². The molecule has 9 nitrogen and oxygen atoms in total. The van der Waals surface area contributed by atoms with Gasteiger partial charge in [-0.3, -0.25) is 4.98 Å². The third-order valence-corrected chi connectivity index (χ3v) is 4.90. The minimum atomic E-state index is -0.457. The zero-order valence-corrected chi connectivity index (χ0v) is 18.5. The molecule has 0 aliphatic rings. The second-order valence-electron chi connectivity index (χ2n) is 7.41. The monoisotopic (exact) mass is 437 g/mol. The summed E-state index contributed by atoms with van der Waals surface area (Å²) in [7, 11) is 2.87. The number of hydrogen-bond donors (Lipinski definition) is 3. The fraction of sp³-hybridized carbons (Fsp3) is 0.304. The topological polar surface area (TPSA) is 118 Å². The predicted octanol–water partition coefficient (Wildman–Crippen LogP) is 3.51. The van der Waals surface area contributed by atoms with E-state index in [0.29, 0.717) is 34.5 Å². The summed E-state index contributed by atoms with van der Waals surface area (Å²) in [4.78, 5) is 25.2. The van der Waals surface area contributed by atoms with E-state index in [-0.39, 0.29) is 18.6 Å². The van der Waals surface area contributed by atoms with Crippen LogP contribution in [0.3, 0.4) is 0 Å². The van der Waals surface area contributed by atoms with Crippen LogP contribution in [0.25, 0.3) is 11.3 Å². The van der Waals surface area contributed by atoms with Gasteiger partial charge in [-0.25, -0.2) is 9.78 Å². The molecule has 0 amide bonds. The molecule has 3 rings (SSSR count). The Balaban J connectivity index is 2.03. The molecule has 0 radical (unpaired) electrons. The van der Waals surface area contributed by atoms with Crippen LogP contribution in [-0.4, -0.2) is 52.9 Å². The lowest BCUT2D eigenvalue weighted by molar-refractivity contribution is 0.0600. The van der Waals surface area contributed by atoms with E-state index in [1.165, 1.54) is 7.11 Å². The minimum Gasteiger partial charge on any atom is -0.495 e. The number of carbonyl (C=O) groups is 1. The number of aliphatic hydroxyl groups excluding tert-OH is 1. The standard InChI is InChI=1S/C23H27N5O4/c1-14(2)19(13-29)27-23-26-17(15-7-9-24-10-8-15)12-21(28-23)25-18-11-16(22(30)32-4)5-6-20(18)31-3/h5-12,14,19,29H,13H2,1-4H3,(H2,25,26,27,28)/t19-/m1/s1. The van der Waals surface area contributed by atoms with Crippen LogP contribution < -0.4 is 15.4 Å². The van der Waals surface area contributed by atoms with Crippen LogP contribution in [0.2, 0.25) is 0 Å². The van der Waals surface area contributed by atoms with Gasteiger partial charge in [0.2, 0.25) is 5.95 Å². The fourth-order valence-electron chi connectivity index (χ4n) is 3.02. The van der Waals surface area contributed by atoms with Gasteiger partial charge in [0.05, 0.1) is 43.8 Å². The van der Waals surface area contributed by atoms with Crippen molar-refractivity contribution in [2.24, 2.45) is 5.92 Å². The Morgan fingerprint density at radius 2 is 1.84 bits per heavy atom. The van der Waals surface area contributed by atoms with E-state index < -0.39 is 5.97 Å². The van der Waals surface area contributed by atoms with Crippen LogP contribution in [0.1, 0.15) is 24.2 Å². The van der Waals surface area contributed by atoms with Crippen molar-refractivity contribution in [2.45, 2.75) is 19.9 Å². The van der Waals surface area contributed by atoms with Gasteiger partial charge in [0.25, 0.3) is 0 Å². The van der Waals surface area contributed by atoms with E-state index in [9.17, 15) is 9.90 Å². The van der Waals surface area contributed by atoms with Gasteiger partial charge in [-0.1, -0.05) is 13.8 Å². The van der Waals surface area contributed by atoms with Gasteiger partial charge in [-0.2, -0.15) is 4.98 Å². The average Bonchev–Trinajstić information content (AvgIpc) is 2.82. The van der Waals surface area contributed by atoms with Gasteiger partial charge < -0.3 is 25.2 Å². The maximum Gasteiger partial charge on any atom is 0.337 e. The number of ether oxygens (including phenoxy) is 2. The highest BCUT2D eigenvalue weighted by atomic mass is 16.5. The average molecular weight is 438 g/mol. The smallest absolute Gasteiger partial charge is 0.337 e. The first-order chi connectivity index (χ1) is 15.4. The van der Waals surface area contributed by atoms with E-state index in [4.69, 9.17) is 9.47 Å². The summed E-state index contributed by atoms with van der Waals surface area (Å²) in [5.74, 6) is 1.08. The largest absolute Gasteiger partial charge is 0.495 e. The summed E-state index contributed by atoms with van der Waals surface area (Å²) in [5, 5.41) is 16.1. The normalized spacial score (nSPS) is 11.7. The highest BCUT2D eigenvalue weighted by Crippen LogP contribution is 2.30. The van der Waals surface area contributed by atoms with Crippen molar-refractivity contribution in [3.05, 3.63) is 54.4 Å². The number of nitrogens with one attached hydrogen (secondary N) is 2. The van der Waals surface area contributed by atoms with Crippen molar-refractivity contribution in [3.63, 3.8) is 0 Å². The number of aromatic nitrogens is 3. The molecule has 2 heterocycles. The minimum absolute atomic E-state index is 0.0573. The first kappa shape index (κ1) is 23.0. The number of esters is 1. The van der Waals surface area contributed by atoms with E-state index in [1.54, 1.807) is 43.8 Å². The number of rotatable bonds is 9. The summed E-state index contributed by atoms with van der Waals surface area (Å²) in [6, 6.07) is 10.2. The quantitative estimate of drug-likeness (QED) is 0.432. The van der Waals surface area contributed by atoms with Crippen molar-refractivity contribution in [3.8, 4) is 17.0 Å². The lowest BCUT2D eigenvalue weighted by atomic mass is 10.1. The molecule has 168 valence electrons. The molecule has 1 atom stereocenters. The second kappa shape index (κ2) is 10.5. The molecule has 0 saturated carbocycles. The molecule has 0 fully saturated rings. The summed E-state index contributed by atoms with van der Waals surface area (Å²) in [5.41, 5.74) is 2.44. The zero-order chi connectivity index (χ0) is 23.1. The SMILES string of the molecule is COC(=O)c1ccc(OC)c(Nc2cc(-c3ccncc3)nc(N[C@H](CO)C(C)C)n2)c1. The third-order valence-electron chi connectivity index (χ3n) is 4.90.